The summed E-state index contributed by atoms with van der Waals surface area (Å²) < 4.78 is 66.7. The monoisotopic (exact) mass is 731 g/mol. The van der Waals surface area contributed by atoms with Crippen molar-refractivity contribution in [3.8, 4) is 0 Å². The fourth-order valence-electron chi connectivity index (χ4n) is 6.88. The molecule has 9 atom stereocenters. The molecule has 2 aromatic rings. The van der Waals surface area contributed by atoms with Gasteiger partial charge in [-0.15, -0.1) is 0 Å². The highest BCUT2D eigenvalue weighted by molar-refractivity contribution is 6.04. The summed E-state index contributed by atoms with van der Waals surface area (Å²) in [6.45, 7) is 10.4. The van der Waals surface area contributed by atoms with Crippen LogP contribution in [0, 0.1) is 0 Å². The van der Waals surface area contributed by atoms with E-state index in [2.05, 4.69) is 5.32 Å². The summed E-state index contributed by atoms with van der Waals surface area (Å²) in [6.07, 6.45) is -9.31. The van der Waals surface area contributed by atoms with Gasteiger partial charge in [0.15, 0.2) is 29.9 Å². The van der Waals surface area contributed by atoms with E-state index < -0.39 is 84.7 Å². The summed E-state index contributed by atoms with van der Waals surface area (Å²) >= 11 is 0. The van der Waals surface area contributed by atoms with Crippen LogP contribution in [0.1, 0.15) is 62.3 Å². The summed E-state index contributed by atoms with van der Waals surface area (Å²) in [4.78, 5) is 25.7. The number of ether oxygens (including phenoxy) is 11. The van der Waals surface area contributed by atoms with Gasteiger partial charge < -0.3 is 62.5 Å². The van der Waals surface area contributed by atoms with Gasteiger partial charge in [0.05, 0.1) is 12.2 Å². The summed E-state index contributed by atoms with van der Waals surface area (Å²) in [5, 5.41) is 14.4. The quantitative estimate of drug-likeness (QED) is 0.241. The highest BCUT2D eigenvalue weighted by Gasteiger charge is 2.59. The van der Waals surface area contributed by atoms with Gasteiger partial charge in [0, 0.05) is 25.5 Å². The fourth-order valence-corrected chi connectivity index (χ4v) is 6.88. The van der Waals surface area contributed by atoms with Crippen LogP contribution in [0.5, 0.6) is 0 Å². The number of aliphatic hydroxyl groups excluding tert-OH is 1. The average Bonchev–Trinajstić information content (AvgIpc) is 3.75. The summed E-state index contributed by atoms with van der Waals surface area (Å²) in [5.41, 5.74) is 1.27. The minimum atomic E-state index is -1.33. The highest BCUT2D eigenvalue weighted by Crippen LogP contribution is 2.42. The molecule has 1 amide bonds. The number of methoxy groups -OCH3 is 2. The Labute approximate surface area is 303 Å². The van der Waals surface area contributed by atoms with E-state index in [0.717, 1.165) is 0 Å². The zero-order valence-corrected chi connectivity index (χ0v) is 30.6. The molecule has 15 heteroatoms. The molecule has 52 heavy (non-hydrogen) atoms. The molecule has 4 aliphatic rings. The molecule has 0 bridgehead atoms. The van der Waals surface area contributed by atoms with Crippen LogP contribution >= 0.6 is 0 Å². The van der Waals surface area contributed by atoms with Crippen LogP contribution < -0.4 is 5.32 Å². The average molecular weight is 732 g/mol. The molecule has 15 nitrogen and oxygen atoms in total. The van der Waals surface area contributed by atoms with Crippen LogP contribution in [0.2, 0.25) is 0 Å². The van der Waals surface area contributed by atoms with E-state index in [1.807, 2.05) is 6.07 Å². The van der Waals surface area contributed by atoms with Gasteiger partial charge in [-0.3, -0.25) is 4.79 Å². The molecule has 4 aliphatic heterocycles. The Kier molecular flexibility index (Phi) is 11.4. The Bertz CT molecular complexity index is 1530. The first-order chi connectivity index (χ1) is 24.6. The Balaban J connectivity index is 1.18. The van der Waals surface area contributed by atoms with Crippen molar-refractivity contribution >= 4 is 17.6 Å². The van der Waals surface area contributed by atoms with Gasteiger partial charge in [-0.05, 0) is 77.9 Å². The Morgan fingerprint density at radius 2 is 1.44 bits per heavy atom. The van der Waals surface area contributed by atoms with Crippen molar-refractivity contribution in [1.82, 2.24) is 0 Å². The summed E-state index contributed by atoms with van der Waals surface area (Å²) in [5.74, 6) is -3.96. The molecule has 0 aliphatic carbocycles. The molecule has 4 saturated heterocycles. The zero-order chi connectivity index (χ0) is 37.4. The molecule has 4 fully saturated rings. The second-order valence-corrected chi connectivity index (χ2v) is 14.5. The van der Waals surface area contributed by atoms with E-state index in [1.165, 1.54) is 14.2 Å². The third-order valence-electron chi connectivity index (χ3n) is 9.16. The maximum atomic E-state index is 13.2. The first kappa shape index (κ1) is 38.7. The standard InChI is InChI=1S/C37H49NO14/c1-35(2)45-19-24(48-35)26(29-30(34(42-7)43-8)52-37(5,6)51-29)47-33-25(39)28-27(49-36(3,4)50-28)23(46-33)18-44-32(41)21-14-16-22(17-15-21)38-31(40)20-12-10-9-11-13-20/h9-17,23-30,33-34,39H,18-19H2,1-8H3,(H,38,40)/t23-,24-,25-,26-,27+,28-,29+,30-,33+/m1/s1. The lowest BCUT2D eigenvalue weighted by molar-refractivity contribution is -0.315. The molecule has 286 valence electrons. The lowest BCUT2D eigenvalue weighted by Crippen LogP contribution is -2.61. The lowest BCUT2D eigenvalue weighted by Gasteiger charge is -2.42. The third-order valence-corrected chi connectivity index (χ3v) is 9.16. The molecule has 0 unspecified atom stereocenters. The number of nitrogens with one attached hydrogen (secondary N) is 1. The molecule has 0 saturated carbocycles. The van der Waals surface area contributed by atoms with Gasteiger partial charge in [0.2, 0.25) is 0 Å². The first-order valence-corrected chi connectivity index (χ1v) is 17.3. The molecule has 0 radical (unpaired) electrons. The van der Waals surface area contributed by atoms with Crippen molar-refractivity contribution in [2.45, 2.75) is 120 Å². The number of hydrogen-bond donors (Lipinski definition) is 2. The number of carbonyl (C=O) groups excluding carboxylic acids is 2. The maximum absolute atomic E-state index is 13.2. The van der Waals surface area contributed by atoms with E-state index >= 15 is 0 Å². The van der Waals surface area contributed by atoms with Crippen LogP contribution in [0.3, 0.4) is 0 Å². The smallest absolute Gasteiger partial charge is 0.338 e. The van der Waals surface area contributed by atoms with Crippen molar-refractivity contribution in [2.24, 2.45) is 0 Å². The number of rotatable bonds is 12. The van der Waals surface area contributed by atoms with Gasteiger partial charge in [0.1, 0.15) is 55.4 Å². The summed E-state index contributed by atoms with van der Waals surface area (Å²) in [6, 6.07) is 15.1. The number of fused-ring (bicyclic) bond motifs is 1. The molecule has 0 spiro atoms. The van der Waals surface area contributed by atoms with Crippen molar-refractivity contribution < 1.29 is 66.8 Å². The predicted octanol–water partition coefficient (Wildman–Crippen LogP) is 3.38. The number of benzene rings is 2. The molecule has 2 N–H and O–H groups in total. The maximum Gasteiger partial charge on any atom is 0.338 e. The molecule has 6 rings (SSSR count). The predicted molar refractivity (Wildman–Crippen MR) is 181 cm³/mol. The molecule has 2 aromatic carbocycles. The molecule has 4 heterocycles. The topological polar surface area (TPSA) is 168 Å². The van der Waals surface area contributed by atoms with Crippen LogP contribution in [-0.2, 0) is 52.1 Å². The molecular formula is C37H49NO14. The Morgan fingerprint density at radius 3 is 2.08 bits per heavy atom. The van der Waals surface area contributed by atoms with Crippen molar-refractivity contribution in [3.63, 3.8) is 0 Å². The van der Waals surface area contributed by atoms with E-state index in [9.17, 15) is 14.7 Å². The minimum Gasteiger partial charge on any atom is -0.459 e. The SMILES string of the molecule is COC(OC)[C@@H]1OC(C)(C)O[C@H]1[C@H](O[C@@H]1O[C@H](COC(=O)c2ccc(NC(=O)c3ccccc3)cc2)[C@@H]2OC(C)(C)O[C@@H]2[C@H]1O)[C@H]1COC(C)(C)O1. The highest BCUT2D eigenvalue weighted by atomic mass is 16.8. The molecular weight excluding hydrogens is 682 g/mol. The van der Waals surface area contributed by atoms with E-state index in [-0.39, 0.29) is 24.7 Å². The van der Waals surface area contributed by atoms with E-state index in [1.54, 1.807) is 90.1 Å². The molecule has 0 aromatic heterocycles. The van der Waals surface area contributed by atoms with Gasteiger partial charge in [-0.25, -0.2) is 4.79 Å². The third kappa shape index (κ3) is 8.66. The number of esters is 1. The van der Waals surface area contributed by atoms with Gasteiger partial charge in [0.25, 0.3) is 5.91 Å². The van der Waals surface area contributed by atoms with Gasteiger partial charge in [-0.2, -0.15) is 0 Å². The second-order valence-electron chi connectivity index (χ2n) is 14.5. The number of aliphatic hydroxyl groups is 1. The number of anilines is 1. The minimum absolute atomic E-state index is 0.145. The van der Waals surface area contributed by atoms with Crippen LogP contribution in [-0.4, -0.2) is 123 Å². The first-order valence-electron chi connectivity index (χ1n) is 17.3. The normalized spacial score (nSPS) is 32.3. The van der Waals surface area contributed by atoms with Gasteiger partial charge in [-0.1, -0.05) is 18.2 Å². The summed E-state index contributed by atoms with van der Waals surface area (Å²) in [7, 11) is 2.98. The Hall–Kier alpha value is -3.06. The van der Waals surface area contributed by atoms with Crippen molar-refractivity contribution in [1.29, 1.82) is 0 Å². The van der Waals surface area contributed by atoms with Crippen LogP contribution in [0.4, 0.5) is 5.69 Å². The van der Waals surface area contributed by atoms with Crippen LogP contribution in [0.15, 0.2) is 54.6 Å². The Morgan fingerprint density at radius 1 is 0.808 bits per heavy atom. The van der Waals surface area contributed by atoms with Crippen molar-refractivity contribution in [2.75, 3.05) is 32.8 Å². The lowest BCUT2D eigenvalue weighted by atomic mass is 9.98. The van der Waals surface area contributed by atoms with Crippen LogP contribution in [0.25, 0.3) is 0 Å². The largest absolute Gasteiger partial charge is 0.459 e. The number of hydrogen-bond acceptors (Lipinski definition) is 14. The second kappa shape index (κ2) is 15.4. The van der Waals surface area contributed by atoms with Crippen molar-refractivity contribution in [3.05, 3.63) is 65.7 Å². The van der Waals surface area contributed by atoms with E-state index in [0.29, 0.717) is 11.3 Å². The number of carbonyl (C=O) groups is 2. The fraction of sp³-hybridized carbons (Fsp3) is 0.622. The number of amides is 1. The van der Waals surface area contributed by atoms with Gasteiger partial charge >= 0.3 is 5.97 Å². The zero-order valence-electron chi connectivity index (χ0n) is 30.6. The van der Waals surface area contributed by atoms with E-state index in [4.69, 9.17) is 52.1 Å².